The minimum atomic E-state index is 0.171. The van der Waals surface area contributed by atoms with Gasteiger partial charge in [0.25, 0.3) is 0 Å². The Kier molecular flexibility index (Phi) is 2.69. The molecule has 0 aromatic carbocycles. The highest BCUT2D eigenvalue weighted by atomic mass is 16.5. The molecule has 0 aliphatic heterocycles. The van der Waals surface area contributed by atoms with Crippen molar-refractivity contribution in [3.05, 3.63) is 47.1 Å². The molecular formula is C13H16O. The zero-order valence-corrected chi connectivity index (χ0v) is 8.79. The lowest BCUT2D eigenvalue weighted by molar-refractivity contribution is 0.120. The van der Waals surface area contributed by atoms with Gasteiger partial charge in [0.05, 0.1) is 0 Å². The van der Waals surface area contributed by atoms with Gasteiger partial charge in [0, 0.05) is 6.61 Å². The Morgan fingerprint density at radius 1 is 1.50 bits per heavy atom. The summed E-state index contributed by atoms with van der Waals surface area (Å²) in [4.78, 5) is 0. The van der Waals surface area contributed by atoms with Gasteiger partial charge in [0.15, 0.2) is 0 Å². The molecule has 1 nitrogen and oxygen atoms in total. The van der Waals surface area contributed by atoms with Gasteiger partial charge in [-0.2, -0.15) is 0 Å². The first-order valence-corrected chi connectivity index (χ1v) is 5.19. The van der Waals surface area contributed by atoms with Gasteiger partial charge >= 0.3 is 0 Å². The van der Waals surface area contributed by atoms with Gasteiger partial charge in [-0.15, -0.1) is 0 Å². The highest BCUT2D eigenvalue weighted by molar-refractivity contribution is 5.50. The van der Waals surface area contributed by atoms with Crippen molar-refractivity contribution < 1.29 is 4.74 Å². The van der Waals surface area contributed by atoms with Crippen LogP contribution in [-0.4, -0.2) is 12.7 Å². The third-order valence-corrected chi connectivity index (χ3v) is 2.59. The average molecular weight is 188 g/mol. The molecule has 2 aliphatic rings. The summed E-state index contributed by atoms with van der Waals surface area (Å²) < 4.78 is 5.70. The van der Waals surface area contributed by atoms with Crippen LogP contribution in [0.1, 0.15) is 20.3 Å². The molecule has 0 amide bonds. The van der Waals surface area contributed by atoms with E-state index in [0.717, 1.165) is 13.0 Å². The summed E-state index contributed by atoms with van der Waals surface area (Å²) >= 11 is 0. The van der Waals surface area contributed by atoms with Crippen LogP contribution in [0.15, 0.2) is 47.1 Å². The molecule has 74 valence electrons. The number of fused-ring (bicyclic) bond motifs is 1. The van der Waals surface area contributed by atoms with Crippen molar-refractivity contribution in [2.45, 2.75) is 26.4 Å². The molecule has 1 atom stereocenters. The number of rotatable bonds is 2. The number of allylic oxidation sites excluding steroid dienone is 5. The fourth-order valence-electron chi connectivity index (χ4n) is 1.98. The van der Waals surface area contributed by atoms with E-state index in [1.807, 2.05) is 6.92 Å². The van der Waals surface area contributed by atoms with Gasteiger partial charge in [-0.25, -0.2) is 0 Å². The Morgan fingerprint density at radius 2 is 2.36 bits per heavy atom. The van der Waals surface area contributed by atoms with Crippen LogP contribution in [0.25, 0.3) is 0 Å². The zero-order valence-electron chi connectivity index (χ0n) is 8.79. The van der Waals surface area contributed by atoms with Crippen LogP contribution in [0.4, 0.5) is 0 Å². The monoisotopic (exact) mass is 188 g/mol. The maximum Gasteiger partial charge on any atom is 0.101 e. The van der Waals surface area contributed by atoms with E-state index in [4.69, 9.17) is 4.74 Å². The molecule has 0 saturated heterocycles. The first-order valence-electron chi connectivity index (χ1n) is 5.19. The average Bonchev–Trinajstić information content (AvgIpc) is 2.18. The number of ether oxygens (including phenoxy) is 1. The fourth-order valence-corrected chi connectivity index (χ4v) is 1.98. The predicted octanol–water partition coefficient (Wildman–Crippen LogP) is 3.16. The number of hydrogen-bond acceptors (Lipinski definition) is 1. The van der Waals surface area contributed by atoms with Crippen molar-refractivity contribution in [3.8, 4) is 0 Å². The fraction of sp³-hybridized carbons (Fsp3) is 0.385. The lowest BCUT2D eigenvalue weighted by Crippen LogP contribution is -2.18. The van der Waals surface area contributed by atoms with Gasteiger partial charge in [0.1, 0.15) is 6.10 Å². The summed E-state index contributed by atoms with van der Waals surface area (Å²) in [6, 6.07) is 0. The second-order valence-electron chi connectivity index (χ2n) is 3.71. The molecule has 14 heavy (non-hydrogen) atoms. The summed E-state index contributed by atoms with van der Waals surface area (Å²) in [5.41, 5.74) is 4.05. The van der Waals surface area contributed by atoms with Crippen molar-refractivity contribution in [1.29, 1.82) is 0 Å². The van der Waals surface area contributed by atoms with Crippen LogP contribution in [-0.2, 0) is 4.74 Å². The van der Waals surface area contributed by atoms with Gasteiger partial charge < -0.3 is 4.74 Å². The van der Waals surface area contributed by atoms with Crippen molar-refractivity contribution in [2.75, 3.05) is 6.61 Å². The molecule has 2 rings (SSSR count). The van der Waals surface area contributed by atoms with Crippen molar-refractivity contribution >= 4 is 0 Å². The molecule has 0 fully saturated rings. The molecule has 2 aliphatic carbocycles. The molecule has 0 heterocycles. The maximum absolute atomic E-state index is 5.70. The first kappa shape index (κ1) is 9.47. The van der Waals surface area contributed by atoms with E-state index >= 15 is 0 Å². The van der Waals surface area contributed by atoms with Crippen molar-refractivity contribution in [3.63, 3.8) is 0 Å². The van der Waals surface area contributed by atoms with Crippen LogP contribution in [0.2, 0.25) is 0 Å². The van der Waals surface area contributed by atoms with E-state index in [1.165, 1.54) is 16.7 Å². The van der Waals surface area contributed by atoms with Gasteiger partial charge in [-0.3, -0.25) is 0 Å². The normalized spacial score (nSPS) is 25.0. The van der Waals surface area contributed by atoms with Crippen LogP contribution >= 0.6 is 0 Å². The van der Waals surface area contributed by atoms with Gasteiger partial charge in [0.2, 0.25) is 0 Å². The Hall–Kier alpha value is -1.08. The standard InChI is InChI=1S/C13H16O/c1-3-14-13-9-10(2)8-11-6-4-5-7-12(11)13/h4-5,7-9,13H,3,6H2,1-2H3. The third kappa shape index (κ3) is 1.73. The molecule has 0 N–H and O–H groups in total. The Bertz CT molecular complexity index is 342. The molecule has 0 saturated carbocycles. The van der Waals surface area contributed by atoms with Crippen LogP contribution in [0, 0.1) is 0 Å². The van der Waals surface area contributed by atoms with Gasteiger partial charge in [-0.1, -0.05) is 29.9 Å². The SMILES string of the molecule is CCOC1C=C(C)C=C2CC=CC=C21. The highest BCUT2D eigenvalue weighted by Crippen LogP contribution is 2.30. The van der Waals surface area contributed by atoms with E-state index in [2.05, 4.69) is 37.3 Å². The smallest absolute Gasteiger partial charge is 0.101 e. The van der Waals surface area contributed by atoms with E-state index in [-0.39, 0.29) is 6.10 Å². The Morgan fingerprint density at radius 3 is 3.14 bits per heavy atom. The van der Waals surface area contributed by atoms with Crippen LogP contribution in [0.3, 0.4) is 0 Å². The number of hydrogen-bond donors (Lipinski definition) is 0. The molecule has 0 spiro atoms. The van der Waals surface area contributed by atoms with Crippen molar-refractivity contribution in [2.24, 2.45) is 0 Å². The lowest BCUT2D eigenvalue weighted by atomic mass is 9.87. The summed E-state index contributed by atoms with van der Waals surface area (Å²) in [5.74, 6) is 0. The molecule has 0 aromatic rings. The van der Waals surface area contributed by atoms with Crippen molar-refractivity contribution in [1.82, 2.24) is 0 Å². The Labute approximate surface area is 85.5 Å². The maximum atomic E-state index is 5.70. The zero-order chi connectivity index (χ0) is 9.97. The molecule has 1 heteroatoms. The summed E-state index contributed by atoms with van der Waals surface area (Å²) in [5, 5.41) is 0. The van der Waals surface area contributed by atoms with E-state index in [0.29, 0.717) is 0 Å². The summed E-state index contributed by atoms with van der Waals surface area (Å²) in [6.07, 6.45) is 12.1. The van der Waals surface area contributed by atoms with E-state index < -0.39 is 0 Å². The lowest BCUT2D eigenvalue weighted by Gasteiger charge is -2.25. The summed E-state index contributed by atoms with van der Waals surface area (Å²) in [7, 11) is 0. The van der Waals surface area contributed by atoms with Crippen LogP contribution < -0.4 is 0 Å². The predicted molar refractivity (Wildman–Crippen MR) is 59.1 cm³/mol. The van der Waals surface area contributed by atoms with Gasteiger partial charge in [-0.05, 0) is 37.5 Å². The molecule has 0 radical (unpaired) electrons. The minimum absolute atomic E-state index is 0.171. The third-order valence-electron chi connectivity index (χ3n) is 2.59. The van der Waals surface area contributed by atoms with Crippen LogP contribution in [0.5, 0.6) is 0 Å². The molecular weight excluding hydrogens is 172 g/mol. The highest BCUT2D eigenvalue weighted by Gasteiger charge is 2.20. The quantitative estimate of drug-likeness (QED) is 0.646. The topological polar surface area (TPSA) is 9.23 Å². The largest absolute Gasteiger partial charge is 0.370 e. The van der Waals surface area contributed by atoms with E-state index in [9.17, 15) is 0 Å². The molecule has 0 aromatic heterocycles. The van der Waals surface area contributed by atoms with E-state index in [1.54, 1.807) is 0 Å². The first-order chi connectivity index (χ1) is 6.81. The second-order valence-corrected chi connectivity index (χ2v) is 3.71. The molecule has 1 unspecified atom stereocenters. The second kappa shape index (κ2) is 3.97. The Balaban J connectivity index is 2.30. The minimum Gasteiger partial charge on any atom is -0.370 e. The molecule has 0 bridgehead atoms. The summed E-state index contributed by atoms with van der Waals surface area (Å²) in [6.45, 7) is 4.94.